The van der Waals surface area contributed by atoms with Crippen molar-refractivity contribution in [1.82, 2.24) is 10.2 Å². The van der Waals surface area contributed by atoms with Crippen LogP contribution in [-0.2, 0) is 9.53 Å². The number of amides is 2. The lowest BCUT2D eigenvalue weighted by atomic mass is 10.1. The van der Waals surface area contributed by atoms with Crippen LogP contribution >= 0.6 is 0 Å². The van der Waals surface area contributed by atoms with Crippen LogP contribution in [0.5, 0.6) is 0 Å². The number of nitrogens with one attached hydrogen (secondary N) is 1. The van der Waals surface area contributed by atoms with Crippen molar-refractivity contribution in [1.29, 1.82) is 0 Å². The smallest absolute Gasteiger partial charge is 0.317 e. The minimum Gasteiger partial charge on any atom is -0.383 e. The first-order chi connectivity index (χ1) is 6.43. The number of carbonyl (C=O) groups is 2. The number of aldehydes is 1. The van der Waals surface area contributed by atoms with E-state index in [0.717, 1.165) is 0 Å². The molecule has 0 aromatic carbocycles. The highest BCUT2D eigenvalue weighted by Crippen LogP contribution is 1.97. The van der Waals surface area contributed by atoms with Gasteiger partial charge in [0, 0.05) is 20.7 Å². The van der Waals surface area contributed by atoms with E-state index >= 15 is 0 Å². The summed E-state index contributed by atoms with van der Waals surface area (Å²) in [6.07, 6.45) is 0.703. The molecule has 0 saturated carbocycles. The number of rotatable bonds is 5. The normalized spacial score (nSPS) is 10.9. The van der Waals surface area contributed by atoms with Gasteiger partial charge in [-0.2, -0.15) is 0 Å². The second-order valence-corrected chi connectivity index (χ2v) is 3.68. The molecule has 1 N–H and O–H groups in total. The molecule has 0 bridgehead atoms. The topological polar surface area (TPSA) is 58.6 Å². The summed E-state index contributed by atoms with van der Waals surface area (Å²) in [4.78, 5) is 23.4. The highest BCUT2D eigenvalue weighted by molar-refractivity contribution is 5.79. The van der Waals surface area contributed by atoms with E-state index in [1.165, 1.54) is 4.90 Å². The number of ether oxygens (including phenoxy) is 1. The summed E-state index contributed by atoms with van der Waals surface area (Å²) in [6, 6.07) is -0.279. The lowest BCUT2D eigenvalue weighted by molar-refractivity contribution is -0.112. The monoisotopic (exact) mass is 202 g/mol. The number of hydrogen-bond acceptors (Lipinski definition) is 3. The van der Waals surface area contributed by atoms with E-state index in [1.54, 1.807) is 28.0 Å². The molecule has 0 heterocycles. The van der Waals surface area contributed by atoms with Crippen molar-refractivity contribution in [3.63, 3.8) is 0 Å². The van der Waals surface area contributed by atoms with Crippen molar-refractivity contribution < 1.29 is 14.3 Å². The van der Waals surface area contributed by atoms with E-state index < -0.39 is 5.54 Å². The third kappa shape index (κ3) is 4.81. The number of urea groups is 1. The SMILES string of the molecule is COCCN(C)C(=O)NC(C)(C)C=O. The van der Waals surface area contributed by atoms with Gasteiger partial charge < -0.3 is 19.7 Å². The molecule has 0 aromatic rings. The molecule has 0 fully saturated rings. The number of hydrogen-bond donors (Lipinski definition) is 1. The Bertz CT molecular complexity index is 204. The average Bonchev–Trinajstić information content (AvgIpc) is 2.13. The van der Waals surface area contributed by atoms with Crippen LogP contribution in [0, 0.1) is 0 Å². The van der Waals surface area contributed by atoms with Crippen molar-refractivity contribution in [2.45, 2.75) is 19.4 Å². The zero-order chi connectivity index (χ0) is 11.2. The maximum atomic E-state index is 11.4. The number of nitrogens with zero attached hydrogens (tertiary/aromatic N) is 1. The highest BCUT2D eigenvalue weighted by atomic mass is 16.5. The van der Waals surface area contributed by atoms with Gasteiger partial charge >= 0.3 is 6.03 Å². The highest BCUT2D eigenvalue weighted by Gasteiger charge is 2.20. The lowest BCUT2D eigenvalue weighted by Crippen LogP contribution is -2.50. The molecular formula is C9H18N2O3. The van der Waals surface area contributed by atoms with E-state index in [2.05, 4.69) is 5.32 Å². The maximum absolute atomic E-state index is 11.4. The maximum Gasteiger partial charge on any atom is 0.317 e. The van der Waals surface area contributed by atoms with Gasteiger partial charge in [-0.05, 0) is 13.8 Å². The van der Waals surface area contributed by atoms with Gasteiger partial charge in [0.25, 0.3) is 0 Å². The third-order valence-corrected chi connectivity index (χ3v) is 1.70. The quantitative estimate of drug-likeness (QED) is 0.650. The van der Waals surface area contributed by atoms with Crippen LogP contribution in [0.4, 0.5) is 4.79 Å². The Kier molecular flexibility index (Phi) is 5.15. The average molecular weight is 202 g/mol. The van der Waals surface area contributed by atoms with Crippen LogP contribution in [0.2, 0.25) is 0 Å². The van der Waals surface area contributed by atoms with Crippen LogP contribution in [0.1, 0.15) is 13.8 Å². The first-order valence-corrected chi connectivity index (χ1v) is 4.41. The van der Waals surface area contributed by atoms with Gasteiger partial charge in [-0.25, -0.2) is 4.79 Å². The van der Waals surface area contributed by atoms with E-state index in [4.69, 9.17) is 4.74 Å². The van der Waals surface area contributed by atoms with Crippen LogP contribution in [0.15, 0.2) is 0 Å². The molecule has 0 saturated heterocycles. The first kappa shape index (κ1) is 12.9. The Balaban J connectivity index is 4.01. The zero-order valence-corrected chi connectivity index (χ0v) is 9.16. The van der Waals surface area contributed by atoms with Crippen molar-refractivity contribution in [2.24, 2.45) is 0 Å². The summed E-state index contributed by atoms with van der Waals surface area (Å²) in [5.74, 6) is 0. The molecule has 0 atom stereocenters. The van der Waals surface area contributed by atoms with Crippen LogP contribution in [-0.4, -0.2) is 50.1 Å². The summed E-state index contributed by atoms with van der Waals surface area (Å²) in [5, 5.41) is 2.58. The van der Waals surface area contributed by atoms with Gasteiger partial charge in [-0.3, -0.25) is 0 Å². The van der Waals surface area contributed by atoms with Gasteiger partial charge in [0.1, 0.15) is 6.29 Å². The standard InChI is InChI=1S/C9H18N2O3/c1-9(2,7-12)10-8(13)11(3)5-6-14-4/h7H,5-6H2,1-4H3,(H,10,13). The fourth-order valence-electron chi connectivity index (χ4n) is 0.730. The number of likely N-dealkylation sites (N-methyl/N-ethyl adjacent to an activating group) is 1. The Morgan fingerprint density at radius 2 is 2.14 bits per heavy atom. The minimum absolute atomic E-state index is 0.279. The fraction of sp³-hybridized carbons (Fsp3) is 0.778. The molecule has 0 aliphatic rings. The number of carbonyl (C=O) groups excluding carboxylic acids is 2. The molecule has 2 amide bonds. The molecule has 5 heteroatoms. The molecule has 0 aromatic heterocycles. The van der Waals surface area contributed by atoms with E-state index in [9.17, 15) is 9.59 Å². The van der Waals surface area contributed by atoms with E-state index in [0.29, 0.717) is 19.4 Å². The lowest BCUT2D eigenvalue weighted by Gasteiger charge is -2.24. The summed E-state index contributed by atoms with van der Waals surface area (Å²) >= 11 is 0. The first-order valence-electron chi connectivity index (χ1n) is 4.41. The second-order valence-electron chi connectivity index (χ2n) is 3.68. The molecule has 14 heavy (non-hydrogen) atoms. The summed E-state index contributed by atoms with van der Waals surface area (Å²) in [7, 11) is 3.22. The third-order valence-electron chi connectivity index (χ3n) is 1.70. The molecule has 5 nitrogen and oxygen atoms in total. The van der Waals surface area contributed by atoms with Gasteiger partial charge in [-0.15, -0.1) is 0 Å². The minimum atomic E-state index is -0.821. The summed E-state index contributed by atoms with van der Waals surface area (Å²) < 4.78 is 4.83. The van der Waals surface area contributed by atoms with Gasteiger partial charge in [0.15, 0.2) is 0 Å². The summed E-state index contributed by atoms with van der Waals surface area (Å²) in [5.41, 5.74) is -0.821. The largest absolute Gasteiger partial charge is 0.383 e. The Morgan fingerprint density at radius 1 is 1.57 bits per heavy atom. The predicted octanol–water partition coefficient (Wildman–Crippen LogP) is 0.252. The molecule has 0 radical (unpaired) electrons. The van der Waals surface area contributed by atoms with Crippen molar-refractivity contribution >= 4 is 12.3 Å². The Labute approximate surface area is 84.4 Å². The number of methoxy groups -OCH3 is 1. The van der Waals surface area contributed by atoms with Crippen molar-refractivity contribution in [3.05, 3.63) is 0 Å². The Hall–Kier alpha value is -1.10. The zero-order valence-electron chi connectivity index (χ0n) is 9.16. The van der Waals surface area contributed by atoms with Crippen molar-refractivity contribution in [2.75, 3.05) is 27.3 Å². The molecular weight excluding hydrogens is 184 g/mol. The Morgan fingerprint density at radius 3 is 2.57 bits per heavy atom. The van der Waals surface area contributed by atoms with Crippen LogP contribution in [0.3, 0.4) is 0 Å². The summed E-state index contributed by atoms with van der Waals surface area (Å²) in [6.45, 7) is 4.26. The molecule has 0 unspecified atom stereocenters. The molecule has 0 aliphatic heterocycles. The van der Waals surface area contributed by atoms with Crippen LogP contribution < -0.4 is 5.32 Å². The molecule has 82 valence electrons. The van der Waals surface area contributed by atoms with Gasteiger partial charge in [0.05, 0.1) is 12.1 Å². The molecule has 0 spiro atoms. The van der Waals surface area contributed by atoms with Crippen LogP contribution in [0.25, 0.3) is 0 Å². The fourth-order valence-corrected chi connectivity index (χ4v) is 0.730. The van der Waals surface area contributed by atoms with Gasteiger partial charge in [-0.1, -0.05) is 0 Å². The molecule has 0 aliphatic carbocycles. The van der Waals surface area contributed by atoms with Gasteiger partial charge in [0.2, 0.25) is 0 Å². The van der Waals surface area contributed by atoms with E-state index in [1.807, 2.05) is 0 Å². The van der Waals surface area contributed by atoms with Crippen molar-refractivity contribution in [3.8, 4) is 0 Å². The molecule has 0 rings (SSSR count). The second kappa shape index (κ2) is 5.59. The predicted molar refractivity (Wildman–Crippen MR) is 53.2 cm³/mol. The van der Waals surface area contributed by atoms with E-state index in [-0.39, 0.29) is 6.03 Å².